The molecule has 0 radical (unpaired) electrons. The van der Waals surface area contributed by atoms with Gasteiger partial charge in [0.05, 0.1) is 12.0 Å². The highest BCUT2D eigenvalue weighted by Gasteiger charge is 2.29. The Morgan fingerprint density at radius 1 is 1.47 bits per heavy atom. The minimum Gasteiger partial charge on any atom is -0.391 e. The highest BCUT2D eigenvalue weighted by molar-refractivity contribution is 8.77. The summed E-state index contributed by atoms with van der Waals surface area (Å²) in [5.74, 6) is 1.20. The summed E-state index contributed by atoms with van der Waals surface area (Å²) in [6.45, 7) is 6.38. The Labute approximate surface area is 117 Å². The first-order valence-corrected chi connectivity index (χ1v) is 9.31. The summed E-state index contributed by atoms with van der Waals surface area (Å²) in [5.41, 5.74) is 0. The lowest BCUT2D eigenvalue weighted by Crippen LogP contribution is -2.15. The van der Waals surface area contributed by atoms with Crippen molar-refractivity contribution < 1.29 is 8.98 Å². The third kappa shape index (κ3) is 6.87. The summed E-state index contributed by atoms with van der Waals surface area (Å²) in [6.07, 6.45) is 5.17. The molecule has 1 atom stereocenters. The summed E-state index contributed by atoms with van der Waals surface area (Å²) in [4.78, 5) is 11.4. The molecule has 0 aliphatic carbocycles. The molecule has 1 fully saturated rings. The molecule has 1 aliphatic rings. The summed E-state index contributed by atoms with van der Waals surface area (Å²) in [6, 6.07) is 0. The smallest absolute Gasteiger partial charge is 0.317 e. The van der Waals surface area contributed by atoms with E-state index >= 15 is 0 Å². The second-order valence-corrected chi connectivity index (χ2v) is 9.22. The number of unbranched alkanes of at least 4 members (excludes halogenated alkanes) is 1. The van der Waals surface area contributed by atoms with Gasteiger partial charge in [-0.3, -0.25) is 4.79 Å². The maximum Gasteiger partial charge on any atom is 0.317 e. The van der Waals surface area contributed by atoms with E-state index in [1.54, 1.807) is 0 Å². The van der Waals surface area contributed by atoms with Crippen LogP contribution in [0.1, 0.15) is 52.9 Å². The molecule has 0 unspecified atom stereocenters. The summed E-state index contributed by atoms with van der Waals surface area (Å²) in [7, 11) is 3.99. The van der Waals surface area contributed by atoms with Gasteiger partial charge in [-0.05, 0) is 26.2 Å². The molecule has 0 N–H and O–H groups in total. The van der Waals surface area contributed by atoms with Crippen LogP contribution in [0.2, 0.25) is 0 Å². The van der Waals surface area contributed by atoms with Crippen LogP contribution in [-0.4, -0.2) is 21.7 Å². The molecule has 2 nitrogen and oxygen atoms in total. The van der Waals surface area contributed by atoms with Crippen LogP contribution in [0, 0.1) is 0 Å². The fraction of sp³-hybridized carbons (Fsp3) is 0.917. The van der Waals surface area contributed by atoms with E-state index in [9.17, 15) is 4.79 Å². The molecule has 1 saturated heterocycles. The molecule has 0 aromatic heterocycles. The first kappa shape index (κ1) is 15.6. The molecule has 5 heteroatoms. The summed E-state index contributed by atoms with van der Waals surface area (Å²) in [5, 5.41) is 0.352. The predicted octanol–water partition coefficient (Wildman–Crippen LogP) is 4.69. The largest absolute Gasteiger partial charge is 0.391 e. The monoisotopic (exact) mass is 294 g/mol. The SMILES string of the molecule is CC(C)SOC(=O)CCCC[C@]1(C)CCSS1. The third-order valence-electron chi connectivity index (χ3n) is 2.64. The van der Waals surface area contributed by atoms with E-state index in [1.165, 1.54) is 30.6 Å². The average molecular weight is 295 g/mol. The van der Waals surface area contributed by atoms with Gasteiger partial charge in [-0.1, -0.05) is 41.9 Å². The first-order valence-electron chi connectivity index (χ1n) is 6.19. The Morgan fingerprint density at radius 3 is 2.82 bits per heavy atom. The Hall–Kier alpha value is 0.520. The van der Waals surface area contributed by atoms with Gasteiger partial charge in [-0.25, -0.2) is 0 Å². The molecule has 100 valence electrons. The molecule has 17 heavy (non-hydrogen) atoms. The van der Waals surface area contributed by atoms with Gasteiger partial charge < -0.3 is 4.18 Å². The third-order valence-corrected chi connectivity index (χ3v) is 6.67. The molecule has 0 aromatic carbocycles. The minimum atomic E-state index is -0.0673. The van der Waals surface area contributed by atoms with Crippen molar-refractivity contribution in [3.63, 3.8) is 0 Å². The van der Waals surface area contributed by atoms with E-state index in [4.69, 9.17) is 4.18 Å². The fourth-order valence-corrected chi connectivity index (χ4v) is 5.29. The van der Waals surface area contributed by atoms with Crippen LogP contribution in [-0.2, 0) is 8.98 Å². The van der Waals surface area contributed by atoms with Gasteiger partial charge in [0.25, 0.3) is 0 Å². The van der Waals surface area contributed by atoms with Crippen molar-refractivity contribution in [2.75, 3.05) is 5.75 Å². The van der Waals surface area contributed by atoms with Crippen LogP contribution in [0.25, 0.3) is 0 Å². The standard InChI is InChI=1S/C12H22O2S3/c1-10(2)16-14-11(13)6-4-5-7-12(3)8-9-15-17-12/h10H,4-9H2,1-3H3/t12-/m1/s1. The van der Waals surface area contributed by atoms with E-state index < -0.39 is 0 Å². The van der Waals surface area contributed by atoms with Crippen LogP contribution in [0.3, 0.4) is 0 Å². The van der Waals surface area contributed by atoms with Crippen molar-refractivity contribution in [2.24, 2.45) is 0 Å². The zero-order valence-electron chi connectivity index (χ0n) is 10.9. The molecule has 0 bridgehead atoms. The van der Waals surface area contributed by atoms with Gasteiger partial charge in [-0.15, -0.1) is 0 Å². The molecular formula is C12H22O2S3. The van der Waals surface area contributed by atoms with Crippen LogP contribution in [0.4, 0.5) is 0 Å². The molecule has 1 aliphatic heterocycles. The van der Waals surface area contributed by atoms with Crippen molar-refractivity contribution in [1.29, 1.82) is 0 Å². The van der Waals surface area contributed by atoms with Crippen LogP contribution in [0.15, 0.2) is 0 Å². The Bertz CT molecular complexity index is 238. The molecule has 0 aromatic rings. The lowest BCUT2D eigenvalue weighted by Gasteiger charge is -2.20. The first-order chi connectivity index (χ1) is 8.02. The maximum atomic E-state index is 11.4. The predicted molar refractivity (Wildman–Crippen MR) is 80.4 cm³/mol. The lowest BCUT2D eigenvalue weighted by molar-refractivity contribution is -0.133. The lowest BCUT2D eigenvalue weighted by atomic mass is 9.99. The topological polar surface area (TPSA) is 26.3 Å². The Balaban J connectivity index is 2.01. The second-order valence-electron chi connectivity index (χ2n) is 4.91. The van der Waals surface area contributed by atoms with Crippen LogP contribution < -0.4 is 0 Å². The van der Waals surface area contributed by atoms with E-state index in [0.29, 0.717) is 16.4 Å². The van der Waals surface area contributed by atoms with Gasteiger partial charge in [0.1, 0.15) is 0 Å². The summed E-state index contributed by atoms with van der Waals surface area (Å²) >= 11 is 1.26. The van der Waals surface area contributed by atoms with E-state index in [2.05, 4.69) is 6.92 Å². The molecule has 1 heterocycles. The Morgan fingerprint density at radius 2 is 2.24 bits per heavy atom. The number of rotatable bonds is 7. The number of hydrogen-bond acceptors (Lipinski definition) is 5. The van der Waals surface area contributed by atoms with E-state index in [0.717, 1.165) is 12.8 Å². The van der Waals surface area contributed by atoms with E-state index in [-0.39, 0.29) is 5.97 Å². The fourth-order valence-electron chi connectivity index (χ4n) is 1.61. The average Bonchev–Trinajstić information content (AvgIpc) is 2.69. The van der Waals surface area contributed by atoms with Gasteiger partial charge in [0.15, 0.2) is 0 Å². The van der Waals surface area contributed by atoms with Gasteiger partial charge in [0, 0.05) is 22.2 Å². The number of carbonyl (C=O) groups excluding carboxylic acids is 1. The molecule has 1 rings (SSSR count). The minimum absolute atomic E-state index is 0.0673. The van der Waals surface area contributed by atoms with Crippen molar-refractivity contribution >= 4 is 39.6 Å². The van der Waals surface area contributed by atoms with Crippen molar-refractivity contribution in [2.45, 2.75) is 62.9 Å². The quantitative estimate of drug-likeness (QED) is 0.385. The Kier molecular flexibility index (Phi) is 7.19. The molecule has 0 spiro atoms. The normalized spacial score (nSPS) is 24.2. The number of hydrogen-bond donors (Lipinski definition) is 0. The number of carbonyl (C=O) groups is 1. The molecule has 0 saturated carbocycles. The van der Waals surface area contributed by atoms with Crippen molar-refractivity contribution in [1.82, 2.24) is 0 Å². The summed E-state index contributed by atoms with van der Waals surface area (Å²) < 4.78 is 5.51. The van der Waals surface area contributed by atoms with E-state index in [1.807, 2.05) is 35.4 Å². The van der Waals surface area contributed by atoms with Crippen LogP contribution >= 0.6 is 33.6 Å². The highest BCUT2D eigenvalue weighted by atomic mass is 33.1. The van der Waals surface area contributed by atoms with Crippen LogP contribution in [0.5, 0.6) is 0 Å². The zero-order valence-corrected chi connectivity index (χ0v) is 13.3. The molecular weight excluding hydrogens is 272 g/mol. The van der Waals surface area contributed by atoms with Gasteiger partial charge in [-0.2, -0.15) is 0 Å². The zero-order chi connectivity index (χ0) is 12.7. The van der Waals surface area contributed by atoms with Gasteiger partial charge >= 0.3 is 5.97 Å². The molecule has 0 amide bonds. The maximum absolute atomic E-state index is 11.4. The van der Waals surface area contributed by atoms with Crippen molar-refractivity contribution in [3.8, 4) is 0 Å². The van der Waals surface area contributed by atoms with Crippen molar-refractivity contribution in [3.05, 3.63) is 0 Å². The second kappa shape index (κ2) is 7.85. The highest BCUT2D eigenvalue weighted by Crippen LogP contribution is 2.49. The van der Waals surface area contributed by atoms with Gasteiger partial charge in [0.2, 0.25) is 0 Å².